The number of carbonyl (C=O) groups excluding carboxylic acids is 2. The average molecular weight is 772 g/mol. The quantitative estimate of drug-likeness (QED) is 0.159. The van der Waals surface area contributed by atoms with Crippen LogP contribution in [0, 0.1) is 29.1 Å². The monoisotopic (exact) mass is 771 g/mol. The molecular weight excluding hydrogens is 711 g/mol. The van der Waals surface area contributed by atoms with E-state index in [0.717, 1.165) is 23.2 Å². The SMILES string of the molecule is CCOc1c(CN2O[C@@H](CO)[C@@H]([C@H](C)O)[C@H]2C(=O)N[C@H]2C[C@H]3C[C@@H]([C@@H]2C)C3(C)C)cccc1-c1cc(C(=O)N[C@H](CN(C)C)CS(=O)O)cc(N(C)C)c1. The van der Waals surface area contributed by atoms with E-state index in [1.54, 1.807) is 24.1 Å². The maximum atomic E-state index is 14.3. The standard InChI is InChI=1S/C40H61N5O8S/c1-10-52-37-25(12-11-13-31(37)26-14-27(16-30(15-26)44(8)9)38(48)41-29(20-43(6)7)22-54(50)51)19-45-36(35(24(3)47)34(21-46)53-45)39(49)42-33-18-28-17-32(23(33)2)40(28,4)5/h11-16,23-24,28-29,32-36,46-47H,10,17-22H2,1-9H3,(H,41,48)(H,42,49)(H,50,51)/t23-,24-,28+,29+,32-,33-,34-,35+,36-/m0/s1. The fourth-order valence-electron chi connectivity index (χ4n) is 9.08. The molecule has 3 saturated carbocycles. The van der Waals surface area contributed by atoms with Crippen molar-refractivity contribution in [3.63, 3.8) is 0 Å². The van der Waals surface area contributed by atoms with Gasteiger partial charge in [0.2, 0.25) is 5.91 Å². The number of amides is 2. The molecule has 6 rings (SSSR count). The summed E-state index contributed by atoms with van der Waals surface area (Å²) in [5.74, 6) is 0.571. The van der Waals surface area contributed by atoms with Crippen LogP contribution in [0.2, 0.25) is 0 Å². The van der Waals surface area contributed by atoms with Crippen LogP contribution in [0.15, 0.2) is 36.4 Å². The van der Waals surface area contributed by atoms with Crippen molar-refractivity contribution in [3.8, 4) is 16.9 Å². The van der Waals surface area contributed by atoms with Crippen LogP contribution in [0.25, 0.3) is 11.1 Å². The summed E-state index contributed by atoms with van der Waals surface area (Å²) in [4.78, 5) is 38.0. The third kappa shape index (κ3) is 8.96. The molecular formula is C40H61N5O8S. The summed E-state index contributed by atoms with van der Waals surface area (Å²) < 4.78 is 27.6. The number of aliphatic hydroxyl groups excluding tert-OH is 2. The lowest BCUT2D eigenvalue weighted by atomic mass is 9.45. The predicted octanol–water partition coefficient (Wildman–Crippen LogP) is 3.36. The molecule has 1 unspecified atom stereocenters. The minimum Gasteiger partial charge on any atom is -0.493 e. The fraction of sp³-hybridized carbons (Fsp3) is 0.650. The smallest absolute Gasteiger partial charge is 0.251 e. The maximum Gasteiger partial charge on any atom is 0.251 e. The minimum atomic E-state index is -2.09. The van der Waals surface area contributed by atoms with Gasteiger partial charge in [0.05, 0.1) is 37.7 Å². The zero-order valence-corrected chi connectivity index (χ0v) is 34.1. The van der Waals surface area contributed by atoms with Crippen molar-refractivity contribution in [1.29, 1.82) is 0 Å². The second kappa shape index (κ2) is 17.4. The first-order chi connectivity index (χ1) is 25.5. The summed E-state index contributed by atoms with van der Waals surface area (Å²) in [5.41, 5.74) is 3.56. The van der Waals surface area contributed by atoms with E-state index in [1.807, 2.05) is 69.2 Å². The van der Waals surface area contributed by atoms with Crippen molar-refractivity contribution in [2.24, 2.45) is 29.1 Å². The predicted molar refractivity (Wildman–Crippen MR) is 210 cm³/mol. The van der Waals surface area contributed by atoms with E-state index in [1.165, 1.54) is 6.42 Å². The van der Waals surface area contributed by atoms with Gasteiger partial charge in [0.15, 0.2) is 11.1 Å². The molecule has 300 valence electrons. The lowest BCUT2D eigenvalue weighted by Gasteiger charge is -2.62. The summed E-state index contributed by atoms with van der Waals surface area (Å²) in [6, 6.07) is 9.81. The second-order valence-electron chi connectivity index (χ2n) is 16.5. The number of carbonyl (C=O) groups is 2. The largest absolute Gasteiger partial charge is 0.493 e. The van der Waals surface area contributed by atoms with Gasteiger partial charge in [-0.05, 0) is 87.7 Å². The van der Waals surface area contributed by atoms with Crippen molar-refractivity contribution in [3.05, 3.63) is 47.5 Å². The molecule has 10 atom stereocenters. The van der Waals surface area contributed by atoms with Crippen LogP contribution < -0.4 is 20.3 Å². The van der Waals surface area contributed by atoms with Crippen molar-refractivity contribution in [2.45, 2.75) is 84.3 Å². The topological polar surface area (TPSA) is 164 Å². The Labute approximate surface area is 323 Å². The van der Waals surface area contributed by atoms with Crippen molar-refractivity contribution in [2.75, 3.05) is 58.6 Å². The first-order valence-corrected chi connectivity index (χ1v) is 20.4. The summed E-state index contributed by atoms with van der Waals surface area (Å²) in [6.45, 7) is 10.9. The lowest BCUT2D eigenvalue weighted by Crippen LogP contribution is -2.62. The van der Waals surface area contributed by atoms with Crippen LogP contribution in [0.4, 0.5) is 5.69 Å². The number of nitrogens with one attached hydrogen (secondary N) is 2. The van der Waals surface area contributed by atoms with Gasteiger partial charge in [-0.25, -0.2) is 4.21 Å². The van der Waals surface area contributed by atoms with Gasteiger partial charge in [-0.3, -0.25) is 14.4 Å². The minimum absolute atomic E-state index is 0.0144. The van der Waals surface area contributed by atoms with E-state index in [-0.39, 0.29) is 42.2 Å². The highest BCUT2D eigenvalue weighted by molar-refractivity contribution is 7.79. The third-order valence-corrected chi connectivity index (χ3v) is 12.7. The van der Waals surface area contributed by atoms with E-state index < -0.39 is 41.3 Å². The molecule has 0 spiro atoms. The van der Waals surface area contributed by atoms with Gasteiger partial charge in [0.1, 0.15) is 17.9 Å². The summed E-state index contributed by atoms with van der Waals surface area (Å²) in [6.07, 6.45) is 0.384. The molecule has 2 amide bonds. The Balaban J connectivity index is 1.47. The summed E-state index contributed by atoms with van der Waals surface area (Å²) >= 11 is -2.09. The number of benzene rings is 2. The Hall–Kier alpha value is -3.11. The van der Waals surface area contributed by atoms with Gasteiger partial charge in [-0.1, -0.05) is 39.0 Å². The van der Waals surface area contributed by atoms with Crippen molar-refractivity contribution in [1.82, 2.24) is 20.6 Å². The number of aliphatic hydroxyl groups is 2. The normalized spacial score (nSPS) is 27.8. The van der Waals surface area contributed by atoms with Crippen LogP contribution in [0.5, 0.6) is 5.75 Å². The molecule has 1 saturated heterocycles. The number of nitrogens with zero attached hydrogens (tertiary/aromatic N) is 3. The van der Waals surface area contributed by atoms with Crippen LogP contribution in [-0.4, -0.2) is 125 Å². The fourth-order valence-corrected chi connectivity index (χ4v) is 9.61. The first-order valence-electron chi connectivity index (χ1n) is 19.1. The Kier molecular flexibility index (Phi) is 13.5. The number of hydroxylamine groups is 2. The Morgan fingerprint density at radius 2 is 1.87 bits per heavy atom. The average Bonchev–Trinajstić information content (AvgIpc) is 3.47. The molecule has 13 nitrogen and oxygen atoms in total. The highest BCUT2D eigenvalue weighted by Gasteiger charge is 2.57. The molecule has 14 heteroatoms. The summed E-state index contributed by atoms with van der Waals surface area (Å²) in [5, 5.41) is 29.2. The lowest BCUT2D eigenvalue weighted by molar-refractivity contribution is -0.183. The van der Waals surface area contributed by atoms with Crippen LogP contribution in [-0.2, 0) is 27.3 Å². The molecule has 0 radical (unpaired) electrons. The number of para-hydroxylation sites is 1. The Morgan fingerprint density at radius 1 is 1.15 bits per heavy atom. The first kappa shape index (κ1) is 42.0. The van der Waals surface area contributed by atoms with E-state index in [2.05, 4.69) is 31.4 Å². The van der Waals surface area contributed by atoms with E-state index >= 15 is 0 Å². The number of ether oxygens (including phenoxy) is 1. The van der Waals surface area contributed by atoms with Gasteiger partial charge in [-0.2, -0.15) is 5.06 Å². The Bertz CT molecular complexity index is 1670. The van der Waals surface area contributed by atoms with Crippen LogP contribution in [0.1, 0.15) is 63.4 Å². The zero-order valence-electron chi connectivity index (χ0n) is 33.2. The molecule has 4 fully saturated rings. The van der Waals surface area contributed by atoms with Crippen molar-refractivity contribution >= 4 is 28.6 Å². The number of likely N-dealkylation sites (N-methyl/N-ethyl adjacent to an activating group) is 1. The van der Waals surface area contributed by atoms with Gasteiger partial charge in [-0.15, -0.1) is 0 Å². The van der Waals surface area contributed by atoms with Gasteiger partial charge in [0, 0.05) is 55.0 Å². The molecule has 2 aromatic rings. The molecule has 3 aliphatic carbocycles. The van der Waals surface area contributed by atoms with Gasteiger partial charge < -0.3 is 39.9 Å². The molecule has 2 aromatic carbocycles. The van der Waals surface area contributed by atoms with Gasteiger partial charge >= 0.3 is 0 Å². The third-order valence-electron chi connectivity index (χ3n) is 12.0. The van der Waals surface area contributed by atoms with E-state index in [4.69, 9.17) is 9.57 Å². The number of fused-ring (bicyclic) bond motifs is 2. The number of hydrogen-bond donors (Lipinski definition) is 5. The molecule has 5 N–H and O–H groups in total. The molecule has 1 heterocycles. The van der Waals surface area contributed by atoms with Crippen LogP contribution >= 0.6 is 0 Å². The maximum absolute atomic E-state index is 14.3. The summed E-state index contributed by atoms with van der Waals surface area (Å²) in [7, 11) is 7.44. The second-order valence-corrected chi connectivity index (χ2v) is 17.5. The van der Waals surface area contributed by atoms with Crippen molar-refractivity contribution < 1.29 is 38.1 Å². The molecule has 1 aliphatic heterocycles. The molecule has 2 bridgehead atoms. The molecule has 0 aromatic heterocycles. The number of anilines is 1. The van der Waals surface area contributed by atoms with Crippen LogP contribution in [0.3, 0.4) is 0 Å². The number of hydrogen-bond acceptors (Lipinski definition) is 10. The zero-order chi connectivity index (χ0) is 39.6. The molecule has 4 aliphatic rings. The van der Waals surface area contributed by atoms with Gasteiger partial charge in [0.25, 0.3) is 5.91 Å². The Morgan fingerprint density at radius 3 is 2.44 bits per heavy atom. The highest BCUT2D eigenvalue weighted by Crippen LogP contribution is 2.61. The highest BCUT2D eigenvalue weighted by atomic mass is 32.2. The molecule has 54 heavy (non-hydrogen) atoms. The number of rotatable bonds is 16. The van der Waals surface area contributed by atoms with E-state index in [9.17, 15) is 28.6 Å². The van der Waals surface area contributed by atoms with E-state index in [0.29, 0.717) is 47.8 Å².